The second-order valence-corrected chi connectivity index (χ2v) is 2.70. The second-order valence-electron chi connectivity index (χ2n) is 1.93. The zero-order valence-corrected chi connectivity index (χ0v) is 6.53. The van der Waals surface area contributed by atoms with Crippen molar-refractivity contribution in [1.82, 2.24) is 5.32 Å². The van der Waals surface area contributed by atoms with Gasteiger partial charge in [-0.3, -0.25) is 4.79 Å². The summed E-state index contributed by atoms with van der Waals surface area (Å²) in [6.45, 7) is 6.90. The molecule has 1 N–H and O–H groups in total. The van der Waals surface area contributed by atoms with Gasteiger partial charge in [-0.1, -0.05) is 6.58 Å². The summed E-state index contributed by atoms with van der Waals surface area (Å²) in [5.41, 5.74) is 0.510. The van der Waals surface area contributed by atoms with Crippen LogP contribution < -0.4 is 5.32 Å². The van der Waals surface area contributed by atoms with E-state index in [9.17, 15) is 4.79 Å². The number of rotatable bonds is 2. The molecule has 0 aromatic carbocycles. The molecule has 0 rings (SSSR count). The highest BCUT2D eigenvalue weighted by atomic mass is 32.1. The van der Waals surface area contributed by atoms with Crippen molar-refractivity contribution < 1.29 is 4.79 Å². The van der Waals surface area contributed by atoms with Gasteiger partial charge in [0.25, 0.3) is 0 Å². The molecular formula is C6H11NOS. The topological polar surface area (TPSA) is 29.1 Å². The molecule has 0 bridgehead atoms. The van der Waals surface area contributed by atoms with E-state index < -0.39 is 0 Å². The van der Waals surface area contributed by atoms with Crippen LogP contribution in [0, 0.1) is 0 Å². The van der Waals surface area contributed by atoms with Crippen LogP contribution in [0.3, 0.4) is 0 Å². The summed E-state index contributed by atoms with van der Waals surface area (Å²) in [6.07, 6.45) is 0. The highest BCUT2D eigenvalue weighted by Crippen LogP contribution is 1.90. The van der Waals surface area contributed by atoms with E-state index >= 15 is 0 Å². The first kappa shape index (κ1) is 8.56. The Kier molecular flexibility index (Phi) is 3.39. The first-order chi connectivity index (χ1) is 4.04. The first-order valence-electron chi connectivity index (χ1n) is 2.68. The second kappa shape index (κ2) is 3.56. The lowest BCUT2D eigenvalue weighted by Crippen LogP contribution is -2.28. The zero-order valence-electron chi connectivity index (χ0n) is 5.64. The summed E-state index contributed by atoms with van der Waals surface area (Å²) in [6, 6.07) is 0. The minimum Gasteiger partial charge on any atom is -0.341 e. The Morgan fingerprint density at radius 2 is 2.22 bits per heavy atom. The summed E-state index contributed by atoms with van der Waals surface area (Å²) in [5, 5.41) is 2.47. The van der Waals surface area contributed by atoms with Crippen molar-refractivity contribution in [3.05, 3.63) is 12.2 Å². The molecule has 0 radical (unpaired) electrons. The molecule has 52 valence electrons. The van der Waals surface area contributed by atoms with Crippen LogP contribution in [0.5, 0.6) is 0 Å². The third-order valence-corrected chi connectivity index (χ3v) is 0.857. The van der Waals surface area contributed by atoms with Gasteiger partial charge < -0.3 is 5.32 Å². The SMILES string of the molecule is C=C(C)C(=O)N[C@H](C)S. The molecule has 0 fully saturated rings. The predicted molar refractivity (Wildman–Crippen MR) is 41.4 cm³/mol. The largest absolute Gasteiger partial charge is 0.341 e. The van der Waals surface area contributed by atoms with Gasteiger partial charge in [-0.05, 0) is 13.8 Å². The quantitative estimate of drug-likeness (QED) is 0.338. The molecule has 1 amide bonds. The molecule has 3 heteroatoms. The van der Waals surface area contributed by atoms with E-state index in [-0.39, 0.29) is 11.3 Å². The van der Waals surface area contributed by atoms with Gasteiger partial charge in [0.15, 0.2) is 0 Å². The lowest BCUT2D eigenvalue weighted by molar-refractivity contribution is -0.117. The fraction of sp³-hybridized carbons (Fsp3) is 0.500. The molecule has 0 aliphatic carbocycles. The molecule has 0 unspecified atom stereocenters. The number of thiol groups is 1. The smallest absolute Gasteiger partial charge is 0.247 e. The fourth-order valence-electron chi connectivity index (χ4n) is 0.313. The van der Waals surface area contributed by atoms with E-state index in [1.165, 1.54) is 0 Å². The maximum Gasteiger partial charge on any atom is 0.247 e. The molecule has 0 aromatic heterocycles. The van der Waals surface area contributed by atoms with Crippen molar-refractivity contribution in [2.45, 2.75) is 19.2 Å². The van der Waals surface area contributed by atoms with Crippen LogP contribution in [0.25, 0.3) is 0 Å². The minimum absolute atomic E-state index is 0.103. The fourth-order valence-corrected chi connectivity index (χ4v) is 0.430. The number of hydrogen-bond donors (Lipinski definition) is 2. The Hall–Kier alpha value is -0.440. The van der Waals surface area contributed by atoms with Gasteiger partial charge in [0, 0.05) is 5.57 Å². The highest BCUT2D eigenvalue weighted by molar-refractivity contribution is 7.80. The molecule has 2 nitrogen and oxygen atoms in total. The lowest BCUT2D eigenvalue weighted by atomic mass is 10.3. The third kappa shape index (κ3) is 4.09. The van der Waals surface area contributed by atoms with Crippen molar-refractivity contribution in [2.24, 2.45) is 0 Å². The lowest BCUT2D eigenvalue weighted by Gasteiger charge is -2.05. The molecule has 0 aromatic rings. The number of amides is 1. The van der Waals surface area contributed by atoms with Crippen LogP contribution in [0.15, 0.2) is 12.2 Å². The van der Waals surface area contributed by atoms with Crippen LogP contribution in [0.2, 0.25) is 0 Å². The predicted octanol–water partition coefficient (Wildman–Crippen LogP) is 0.954. The molecule has 9 heavy (non-hydrogen) atoms. The van der Waals surface area contributed by atoms with Gasteiger partial charge in [0.1, 0.15) is 0 Å². The highest BCUT2D eigenvalue weighted by Gasteiger charge is 2.01. The van der Waals surface area contributed by atoms with Crippen molar-refractivity contribution in [2.75, 3.05) is 0 Å². The van der Waals surface area contributed by atoms with E-state index in [1.807, 2.05) is 0 Å². The summed E-state index contributed by atoms with van der Waals surface area (Å²) in [5.74, 6) is -0.141. The molecule has 0 spiro atoms. The van der Waals surface area contributed by atoms with E-state index in [4.69, 9.17) is 0 Å². The van der Waals surface area contributed by atoms with Crippen LogP contribution in [0.4, 0.5) is 0 Å². The molecule has 0 saturated heterocycles. The summed E-state index contributed by atoms with van der Waals surface area (Å²) in [4.78, 5) is 10.7. The zero-order chi connectivity index (χ0) is 7.44. The molecule has 0 aliphatic rings. The summed E-state index contributed by atoms with van der Waals surface area (Å²) in [7, 11) is 0. The Bertz CT molecular complexity index is 131. The van der Waals surface area contributed by atoms with Crippen molar-refractivity contribution in [3.63, 3.8) is 0 Å². The van der Waals surface area contributed by atoms with Crippen LogP contribution in [-0.4, -0.2) is 11.3 Å². The van der Waals surface area contributed by atoms with Crippen molar-refractivity contribution in [1.29, 1.82) is 0 Å². The molecule has 1 atom stereocenters. The standard InChI is InChI=1S/C6H11NOS/c1-4(2)6(8)7-5(3)9/h5,9H,1H2,2-3H3,(H,7,8)/t5-/m0/s1. The molecule has 0 saturated carbocycles. The van der Waals surface area contributed by atoms with Crippen molar-refractivity contribution in [3.8, 4) is 0 Å². The molecule has 0 aliphatic heterocycles. The Morgan fingerprint density at radius 1 is 1.78 bits per heavy atom. The van der Waals surface area contributed by atoms with Crippen LogP contribution >= 0.6 is 12.6 Å². The summed E-state index contributed by atoms with van der Waals surface area (Å²) >= 11 is 3.96. The molecule has 0 heterocycles. The Labute approximate surface area is 60.7 Å². The van der Waals surface area contributed by atoms with Crippen LogP contribution in [0.1, 0.15) is 13.8 Å². The van der Waals surface area contributed by atoms with Gasteiger partial charge in [0.05, 0.1) is 5.37 Å². The number of carbonyl (C=O) groups excluding carboxylic acids is 1. The average molecular weight is 145 g/mol. The number of hydrogen-bond acceptors (Lipinski definition) is 2. The minimum atomic E-state index is -0.141. The number of carbonyl (C=O) groups is 1. The van der Waals surface area contributed by atoms with E-state index in [0.717, 1.165) is 0 Å². The van der Waals surface area contributed by atoms with E-state index in [2.05, 4.69) is 24.5 Å². The van der Waals surface area contributed by atoms with E-state index in [1.54, 1.807) is 13.8 Å². The maximum absolute atomic E-state index is 10.7. The Morgan fingerprint density at radius 3 is 2.33 bits per heavy atom. The van der Waals surface area contributed by atoms with Crippen LogP contribution in [-0.2, 0) is 4.79 Å². The van der Waals surface area contributed by atoms with Gasteiger partial charge in [-0.2, -0.15) is 12.6 Å². The van der Waals surface area contributed by atoms with Gasteiger partial charge in [-0.15, -0.1) is 0 Å². The van der Waals surface area contributed by atoms with Crippen molar-refractivity contribution >= 4 is 18.5 Å². The monoisotopic (exact) mass is 145 g/mol. The van der Waals surface area contributed by atoms with Gasteiger partial charge in [0.2, 0.25) is 5.91 Å². The van der Waals surface area contributed by atoms with Gasteiger partial charge in [-0.25, -0.2) is 0 Å². The third-order valence-electron chi connectivity index (χ3n) is 0.728. The summed E-state index contributed by atoms with van der Waals surface area (Å²) < 4.78 is 0. The molecular weight excluding hydrogens is 134 g/mol. The van der Waals surface area contributed by atoms with E-state index in [0.29, 0.717) is 5.57 Å². The van der Waals surface area contributed by atoms with Gasteiger partial charge >= 0.3 is 0 Å². The number of nitrogens with one attached hydrogen (secondary N) is 1. The average Bonchev–Trinajstić information content (AvgIpc) is 1.63. The Balaban J connectivity index is 3.65. The maximum atomic E-state index is 10.7. The normalized spacial score (nSPS) is 12.3. The first-order valence-corrected chi connectivity index (χ1v) is 3.20.